The molecule has 0 atom stereocenters. The number of rotatable bonds is 3. The Hall–Kier alpha value is -2.15. The fourth-order valence-electron chi connectivity index (χ4n) is 3.15. The van der Waals surface area contributed by atoms with Crippen molar-refractivity contribution in [3.63, 3.8) is 0 Å². The summed E-state index contributed by atoms with van der Waals surface area (Å²) in [7, 11) is 0. The van der Waals surface area contributed by atoms with Crippen LogP contribution in [0.5, 0.6) is 0 Å². The molecule has 0 radical (unpaired) electrons. The van der Waals surface area contributed by atoms with E-state index in [2.05, 4.69) is 15.0 Å². The standard InChI is InChI=1S/C15H18N4O3/c1-2-22-14(20)11-7-16-19-5-3-12(17-13(11)19)18-6-4-15(8-18)9-21-10-15/h3,5,7H,2,4,6,8-10H2,1H3. The SMILES string of the molecule is CCOC(=O)c1cnn2ccc(N3CCC4(COC4)C3)nc12. The van der Waals surface area contributed by atoms with Crippen molar-refractivity contribution < 1.29 is 14.3 Å². The fourth-order valence-corrected chi connectivity index (χ4v) is 3.15. The quantitative estimate of drug-likeness (QED) is 0.792. The molecule has 0 saturated carbocycles. The summed E-state index contributed by atoms with van der Waals surface area (Å²) in [5, 5.41) is 4.16. The first-order valence-corrected chi connectivity index (χ1v) is 7.55. The monoisotopic (exact) mass is 302 g/mol. The first kappa shape index (κ1) is 13.5. The molecule has 2 saturated heterocycles. The second kappa shape index (κ2) is 4.95. The van der Waals surface area contributed by atoms with E-state index >= 15 is 0 Å². The predicted molar refractivity (Wildman–Crippen MR) is 79.0 cm³/mol. The number of hydrogen-bond donors (Lipinski definition) is 0. The highest BCUT2D eigenvalue weighted by Gasteiger charge is 2.44. The van der Waals surface area contributed by atoms with Crippen molar-refractivity contribution in [2.75, 3.05) is 37.8 Å². The fraction of sp³-hybridized carbons (Fsp3) is 0.533. The molecule has 0 bridgehead atoms. The third-order valence-electron chi connectivity index (χ3n) is 4.43. The Morgan fingerprint density at radius 2 is 2.36 bits per heavy atom. The summed E-state index contributed by atoms with van der Waals surface area (Å²) < 4.78 is 12.0. The molecule has 116 valence electrons. The van der Waals surface area contributed by atoms with Crippen LogP contribution in [0.3, 0.4) is 0 Å². The van der Waals surface area contributed by atoms with E-state index in [1.54, 1.807) is 11.4 Å². The summed E-state index contributed by atoms with van der Waals surface area (Å²) in [5.74, 6) is 0.495. The van der Waals surface area contributed by atoms with E-state index in [9.17, 15) is 4.79 Å². The lowest BCUT2D eigenvalue weighted by atomic mass is 9.85. The lowest BCUT2D eigenvalue weighted by Crippen LogP contribution is -2.44. The van der Waals surface area contributed by atoms with Crippen molar-refractivity contribution in [2.24, 2.45) is 5.41 Å². The molecule has 0 aliphatic carbocycles. The van der Waals surface area contributed by atoms with E-state index in [1.807, 2.05) is 12.3 Å². The zero-order chi connectivity index (χ0) is 15.2. The smallest absolute Gasteiger partial charge is 0.343 e. The first-order valence-electron chi connectivity index (χ1n) is 7.55. The van der Waals surface area contributed by atoms with Gasteiger partial charge in [0.1, 0.15) is 11.4 Å². The molecule has 2 aromatic rings. The Balaban J connectivity index is 1.65. The first-order chi connectivity index (χ1) is 10.7. The lowest BCUT2D eigenvalue weighted by molar-refractivity contribution is -0.0985. The second-order valence-electron chi connectivity index (χ2n) is 6.00. The zero-order valence-electron chi connectivity index (χ0n) is 12.5. The molecule has 2 aliphatic heterocycles. The topological polar surface area (TPSA) is 69.0 Å². The van der Waals surface area contributed by atoms with Gasteiger partial charge in [-0.1, -0.05) is 0 Å². The molecule has 22 heavy (non-hydrogen) atoms. The Morgan fingerprint density at radius 1 is 1.50 bits per heavy atom. The number of nitrogens with zero attached hydrogens (tertiary/aromatic N) is 4. The molecule has 0 N–H and O–H groups in total. The van der Waals surface area contributed by atoms with Crippen molar-refractivity contribution in [3.8, 4) is 0 Å². The van der Waals surface area contributed by atoms with Crippen LogP contribution in [0, 0.1) is 5.41 Å². The van der Waals surface area contributed by atoms with Crippen LogP contribution >= 0.6 is 0 Å². The Kier molecular flexibility index (Phi) is 3.04. The number of carbonyl (C=O) groups is 1. The number of aromatic nitrogens is 3. The average molecular weight is 302 g/mol. The summed E-state index contributed by atoms with van der Waals surface area (Å²) in [6.45, 7) is 5.73. The van der Waals surface area contributed by atoms with Crippen LogP contribution in [-0.4, -0.2) is 53.5 Å². The van der Waals surface area contributed by atoms with Gasteiger partial charge in [-0.3, -0.25) is 0 Å². The van der Waals surface area contributed by atoms with Crippen molar-refractivity contribution in [1.29, 1.82) is 0 Å². The molecular weight excluding hydrogens is 284 g/mol. The highest BCUT2D eigenvalue weighted by Crippen LogP contribution is 2.38. The number of ether oxygens (including phenoxy) is 2. The minimum atomic E-state index is -0.382. The van der Waals surface area contributed by atoms with E-state index in [0.29, 0.717) is 23.2 Å². The maximum Gasteiger partial charge on any atom is 0.343 e. The third-order valence-corrected chi connectivity index (χ3v) is 4.43. The van der Waals surface area contributed by atoms with Crippen molar-refractivity contribution in [1.82, 2.24) is 14.6 Å². The van der Waals surface area contributed by atoms with Gasteiger partial charge in [0.15, 0.2) is 5.65 Å². The van der Waals surface area contributed by atoms with Gasteiger partial charge in [-0.25, -0.2) is 14.3 Å². The number of carbonyl (C=O) groups excluding carboxylic acids is 1. The molecule has 7 heteroatoms. The second-order valence-corrected chi connectivity index (χ2v) is 6.00. The number of fused-ring (bicyclic) bond motifs is 1. The van der Waals surface area contributed by atoms with Gasteiger partial charge in [0.05, 0.1) is 26.0 Å². The molecule has 0 amide bonds. The van der Waals surface area contributed by atoms with Crippen LogP contribution in [-0.2, 0) is 9.47 Å². The minimum Gasteiger partial charge on any atom is -0.462 e. The van der Waals surface area contributed by atoms with Crippen LogP contribution in [0.2, 0.25) is 0 Å². The summed E-state index contributed by atoms with van der Waals surface area (Å²) in [6, 6.07) is 1.94. The van der Waals surface area contributed by atoms with Gasteiger partial charge in [0.2, 0.25) is 0 Å². The molecule has 4 heterocycles. The number of anilines is 1. The van der Waals surface area contributed by atoms with Crippen LogP contribution < -0.4 is 4.90 Å². The maximum absolute atomic E-state index is 12.0. The van der Waals surface area contributed by atoms with Crippen molar-refractivity contribution in [3.05, 3.63) is 24.0 Å². The highest BCUT2D eigenvalue weighted by atomic mass is 16.5. The Labute approximate surface area is 127 Å². The maximum atomic E-state index is 12.0. The molecule has 0 unspecified atom stereocenters. The Morgan fingerprint density at radius 3 is 3.05 bits per heavy atom. The van der Waals surface area contributed by atoms with Crippen molar-refractivity contribution >= 4 is 17.4 Å². The Bertz CT molecular complexity index is 723. The molecule has 4 rings (SSSR count). The number of esters is 1. The molecule has 7 nitrogen and oxygen atoms in total. The summed E-state index contributed by atoms with van der Waals surface area (Å²) >= 11 is 0. The van der Waals surface area contributed by atoms with Gasteiger partial charge in [0, 0.05) is 24.7 Å². The number of hydrogen-bond acceptors (Lipinski definition) is 6. The highest BCUT2D eigenvalue weighted by molar-refractivity contribution is 5.95. The predicted octanol–water partition coefficient (Wildman–Crippen LogP) is 1.13. The van der Waals surface area contributed by atoms with Gasteiger partial charge in [0.25, 0.3) is 0 Å². The van der Waals surface area contributed by atoms with Gasteiger partial charge in [-0.15, -0.1) is 0 Å². The lowest BCUT2D eigenvalue weighted by Gasteiger charge is -2.37. The van der Waals surface area contributed by atoms with Crippen LogP contribution in [0.15, 0.2) is 18.5 Å². The molecule has 0 aromatic carbocycles. The third kappa shape index (κ3) is 2.04. The zero-order valence-corrected chi connectivity index (χ0v) is 12.5. The molecule has 2 fully saturated rings. The van der Waals surface area contributed by atoms with Crippen LogP contribution in [0.25, 0.3) is 5.65 Å². The largest absolute Gasteiger partial charge is 0.462 e. The van der Waals surface area contributed by atoms with Gasteiger partial charge in [-0.2, -0.15) is 5.10 Å². The summed E-state index contributed by atoms with van der Waals surface area (Å²) in [4.78, 5) is 18.8. The van der Waals surface area contributed by atoms with Gasteiger partial charge >= 0.3 is 5.97 Å². The molecule has 2 aromatic heterocycles. The van der Waals surface area contributed by atoms with E-state index in [-0.39, 0.29) is 5.97 Å². The summed E-state index contributed by atoms with van der Waals surface area (Å²) in [5.41, 5.74) is 1.25. The van der Waals surface area contributed by atoms with Crippen LogP contribution in [0.1, 0.15) is 23.7 Å². The minimum absolute atomic E-state index is 0.304. The molecule has 2 aliphatic rings. The average Bonchev–Trinajstić information content (AvgIpc) is 3.11. The van der Waals surface area contributed by atoms with Gasteiger partial charge < -0.3 is 14.4 Å². The van der Waals surface area contributed by atoms with Crippen LogP contribution in [0.4, 0.5) is 5.82 Å². The van der Waals surface area contributed by atoms with E-state index in [0.717, 1.165) is 38.5 Å². The normalized spacial score (nSPS) is 19.6. The molecule has 1 spiro atoms. The van der Waals surface area contributed by atoms with Gasteiger partial charge in [-0.05, 0) is 19.4 Å². The summed E-state index contributed by atoms with van der Waals surface area (Å²) in [6.07, 6.45) is 4.47. The van der Waals surface area contributed by atoms with E-state index in [4.69, 9.17) is 9.47 Å². The van der Waals surface area contributed by atoms with Crippen molar-refractivity contribution in [2.45, 2.75) is 13.3 Å². The molecular formula is C15H18N4O3. The van der Waals surface area contributed by atoms with E-state index in [1.165, 1.54) is 6.20 Å². The van der Waals surface area contributed by atoms with E-state index < -0.39 is 0 Å².